The molecule has 0 fully saturated rings. The number of nitrogens with zero attached hydrogens (tertiary/aromatic N) is 1. The van der Waals surface area contributed by atoms with E-state index in [0.29, 0.717) is 6.07 Å². The van der Waals surface area contributed by atoms with Crippen LogP contribution in [-0.4, -0.2) is 29.1 Å². The molecule has 0 saturated heterocycles. The van der Waals surface area contributed by atoms with Gasteiger partial charge in [0.25, 0.3) is 11.6 Å². The second-order valence-corrected chi connectivity index (χ2v) is 3.85. The van der Waals surface area contributed by atoms with E-state index >= 15 is 0 Å². The molecule has 0 atom stereocenters. The first kappa shape index (κ1) is 16.1. The van der Waals surface area contributed by atoms with Gasteiger partial charge in [0.1, 0.15) is 6.61 Å². The monoisotopic (exact) mass is 300 g/mol. The molecule has 0 aliphatic carbocycles. The van der Waals surface area contributed by atoms with Crippen LogP contribution in [-0.2, 0) is 6.18 Å². The number of nitrogens with one attached hydrogen (secondary N) is 1. The summed E-state index contributed by atoms with van der Waals surface area (Å²) >= 11 is 0. The van der Waals surface area contributed by atoms with Crippen LogP contribution < -0.4 is 5.32 Å². The topological polar surface area (TPSA) is 75.4 Å². The molecule has 0 aliphatic heterocycles. The van der Waals surface area contributed by atoms with Crippen molar-refractivity contribution >= 4 is 11.4 Å². The van der Waals surface area contributed by atoms with E-state index in [1.165, 1.54) is 0 Å². The molecule has 0 saturated carbocycles. The van der Waals surface area contributed by atoms with Crippen molar-refractivity contribution < 1.29 is 32.0 Å². The number of aliphatic hydroxyl groups is 1. The van der Waals surface area contributed by atoms with E-state index in [1.54, 1.807) is 0 Å². The molecule has 0 heterocycles. The van der Waals surface area contributed by atoms with Crippen LogP contribution in [0.25, 0.3) is 0 Å². The standard InChI is InChI=1S/C10H9F5N2O3/c11-9(12,5-18)4-16-8-2-1-6(17(19)20)3-7(8)10(13,14)15/h1-3,16,18H,4-5H2. The highest BCUT2D eigenvalue weighted by molar-refractivity contribution is 5.57. The van der Waals surface area contributed by atoms with Crippen LogP contribution in [0.5, 0.6) is 0 Å². The van der Waals surface area contributed by atoms with Crippen LogP contribution in [0.2, 0.25) is 0 Å². The number of non-ortho nitro benzene ring substituents is 1. The van der Waals surface area contributed by atoms with Crippen molar-refractivity contribution in [2.75, 3.05) is 18.5 Å². The molecule has 0 radical (unpaired) electrons. The molecular weight excluding hydrogens is 291 g/mol. The number of rotatable bonds is 5. The molecule has 2 N–H and O–H groups in total. The fourth-order valence-corrected chi connectivity index (χ4v) is 1.31. The molecule has 10 heteroatoms. The van der Waals surface area contributed by atoms with Crippen LogP contribution in [0.4, 0.5) is 33.3 Å². The third-order valence-electron chi connectivity index (χ3n) is 2.29. The lowest BCUT2D eigenvalue weighted by molar-refractivity contribution is -0.385. The van der Waals surface area contributed by atoms with Crippen molar-refractivity contribution in [2.45, 2.75) is 12.1 Å². The largest absolute Gasteiger partial charge is 0.418 e. The van der Waals surface area contributed by atoms with Crippen LogP contribution >= 0.6 is 0 Å². The van der Waals surface area contributed by atoms with E-state index in [4.69, 9.17) is 5.11 Å². The Balaban J connectivity index is 3.10. The van der Waals surface area contributed by atoms with E-state index < -0.39 is 47.1 Å². The van der Waals surface area contributed by atoms with Gasteiger partial charge in [-0.3, -0.25) is 10.1 Å². The van der Waals surface area contributed by atoms with E-state index in [-0.39, 0.29) is 6.07 Å². The van der Waals surface area contributed by atoms with E-state index in [9.17, 15) is 32.1 Å². The number of hydrogen-bond donors (Lipinski definition) is 2. The summed E-state index contributed by atoms with van der Waals surface area (Å²) in [6.07, 6.45) is -4.94. The zero-order valence-corrected chi connectivity index (χ0v) is 9.75. The second kappa shape index (κ2) is 5.57. The summed E-state index contributed by atoms with van der Waals surface area (Å²) in [5.74, 6) is -3.61. The Hall–Kier alpha value is -1.97. The van der Waals surface area contributed by atoms with Crippen LogP contribution in [0.15, 0.2) is 18.2 Å². The highest BCUT2D eigenvalue weighted by Crippen LogP contribution is 2.37. The molecular formula is C10H9F5N2O3. The van der Waals surface area contributed by atoms with Crippen LogP contribution in [0.1, 0.15) is 5.56 Å². The zero-order chi connectivity index (χ0) is 15.6. The Bertz CT molecular complexity index is 504. The number of aliphatic hydroxyl groups excluding tert-OH is 1. The van der Waals surface area contributed by atoms with Gasteiger partial charge in [-0.25, -0.2) is 8.78 Å². The Labute approximate surface area is 109 Å². The van der Waals surface area contributed by atoms with Gasteiger partial charge in [-0.2, -0.15) is 13.2 Å². The number of alkyl halides is 5. The molecule has 112 valence electrons. The quantitative estimate of drug-likeness (QED) is 0.498. The molecule has 0 aromatic heterocycles. The Morgan fingerprint density at radius 1 is 1.25 bits per heavy atom. The minimum absolute atomic E-state index is 0.249. The summed E-state index contributed by atoms with van der Waals surface area (Å²) in [6, 6.07) is 1.70. The highest BCUT2D eigenvalue weighted by atomic mass is 19.4. The van der Waals surface area contributed by atoms with Crippen LogP contribution in [0, 0.1) is 10.1 Å². The molecule has 0 spiro atoms. The molecule has 0 amide bonds. The van der Waals surface area contributed by atoms with E-state index in [0.717, 1.165) is 6.07 Å². The third-order valence-corrected chi connectivity index (χ3v) is 2.29. The van der Waals surface area contributed by atoms with Gasteiger partial charge in [0.05, 0.1) is 17.0 Å². The molecule has 0 bridgehead atoms. The molecule has 20 heavy (non-hydrogen) atoms. The molecule has 5 nitrogen and oxygen atoms in total. The minimum atomic E-state index is -4.94. The first-order valence-corrected chi connectivity index (χ1v) is 5.15. The summed E-state index contributed by atoms with van der Waals surface area (Å²) in [5, 5.41) is 20.6. The summed E-state index contributed by atoms with van der Waals surface area (Å²) in [6.45, 7) is -2.77. The van der Waals surface area contributed by atoms with Gasteiger partial charge < -0.3 is 10.4 Å². The first-order chi connectivity index (χ1) is 9.07. The normalized spacial score (nSPS) is 12.3. The number of nitro groups is 1. The zero-order valence-electron chi connectivity index (χ0n) is 9.75. The number of halogens is 5. The van der Waals surface area contributed by atoms with Crippen molar-refractivity contribution in [3.8, 4) is 0 Å². The predicted octanol–water partition coefficient (Wildman–Crippen LogP) is 2.65. The maximum atomic E-state index is 12.8. The Morgan fingerprint density at radius 2 is 1.85 bits per heavy atom. The number of nitro benzene ring substituents is 1. The molecule has 0 aliphatic rings. The van der Waals surface area contributed by atoms with Crippen molar-refractivity contribution in [1.82, 2.24) is 0 Å². The first-order valence-electron chi connectivity index (χ1n) is 5.15. The minimum Gasteiger partial charge on any atom is -0.390 e. The predicted molar refractivity (Wildman–Crippen MR) is 58.6 cm³/mol. The van der Waals surface area contributed by atoms with Crippen molar-refractivity contribution in [1.29, 1.82) is 0 Å². The van der Waals surface area contributed by atoms with Gasteiger partial charge in [-0.05, 0) is 6.07 Å². The third kappa shape index (κ3) is 4.02. The van der Waals surface area contributed by atoms with Gasteiger partial charge in [0, 0.05) is 17.8 Å². The molecule has 1 aromatic rings. The van der Waals surface area contributed by atoms with Crippen molar-refractivity contribution in [2.24, 2.45) is 0 Å². The number of anilines is 1. The summed E-state index contributed by atoms with van der Waals surface area (Å²) in [5.41, 5.74) is -2.96. The SMILES string of the molecule is O=[N+]([O-])c1ccc(NCC(F)(F)CO)c(C(F)(F)F)c1. The maximum Gasteiger partial charge on any atom is 0.418 e. The van der Waals surface area contributed by atoms with E-state index in [1.807, 2.05) is 5.32 Å². The van der Waals surface area contributed by atoms with Gasteiger partial charge in [0.15, 0.2) is 0 Å². The molecule has 1 aromatic carbocycles. The smallest absolute Gasteiger partial charge is 0.390 e. The highest BCUT2D eigenvalue weighted by Gasteiger charge is 2.36. The lowest BCUT2D eigenvalue weighted by Crippen LogP contribution is -2.31. The molecule has 0 unspecified atom stereocenters. The number of hydrogen-bond acceptors (Lipinski definition) is 4. The average Bonchev–Trinajstić information content (AvgIpc) is 2.35. The van der Waals surface area contributed by atoms with Crippen molar-refractivity contribution in [3.63, 3.8) is 0 Å². The number of benzene rings is 1. The van der Waals surface area contributed by atoms with Crippen molar-refractivity contribution in [3.05, 3.63) is 33.9 Å². The second-order valence-electron chi connectivity index (χ2n) is 3.85. The van der Waals surface area contributed by atoms with Gasteiger partial charge in [-0.15, -0.1) is 0 Å². The lowest BCUT2D eigenvalue weighted by Gasteiger charge is -2.18. The molecule has 1 rings (SSSR count). The van der Waals surface area contributed by atoms with E-state index in [2.05, 4.69) is 0 Å². The Kier molecular flexibility index (Phi) is 4.48. The fraction of sp³-hybridized carbons (Fsp3) is 0.400. The van der Waals surface area contributed by atoms with Gasteiger partial charge >= 0.3 is 6.18 Å². The maximum absolute atomic E-state index is 12.8. The lowest BCUT2D eigenvalue weighted by atomic mass is 10.1. The fourth-order valence-electron chi connectivity index (χ4n) is 1.31. The average molecular weight is 300 g/mol. The van der Waals surface area contributed by atoms with Crippen LogP contribution in [0.3, 0.4) is 0 Å². The Morgan fingerprint density at radius 3 is 2.30 bits per heavy atom. The summed E-state index contributed by atoms with van der Waals surface area (Å²) in [4.78, 5) is 9.39. The van der Waals surface area contributed by atoms with Gasteiger partial charge in [-0.1, -0.05) is 0 Å². The summed E-state index contributed by atoms with van der Waals surface area (Å²) < 4.78 is 63.6. The summed E-state index contributed by atoms with van der Waals surface area (Å²) in [7, 11) is 0. The van der Waals surface area contributed by atoms with Gasteiger partial charge in [0.2, 0.25) is 0 Å².